The zero-order valence-electron chi connectivity index (χ0n) is 12.0. The molecule has 0 aliphatic rings. The fourth-order valence-corrected chi connectivity index (χ4v) is 2.79. The Kier molecular flexibility index (Phi) is 5.02. The van der Waals surface area contributed by atoms with E-state index in [2.05, 4.69) is 25.2 Å². The largest absolute Gasteiger partial charge is 0.322 e. The fraction of sp³-hybridized carbons (Fsp3) is 0.176. The molecule has 21 heavy (non-hydrogen) atoms. The van der Waals surface area contributed by atoms with E-state index in [9.17, 15) is 4.79 Å². The number of rotatable bonds is 4. The van der Waals surface area contributed by atoms with Crippen LogP contribution in [0.1, 0.15) is 29.8 Å². The average molecular weight is 296 g/mol. The molecule has 2 aromatic rings. The zero-order valence-corrected chi connectivity index (χ0v) is 12.8. The summed E-state index contributed by atoms with van der Waals surface area (Å²) in [5.74, 6) is -0.136. The number of benzene rings is 2. The van der Waals surface area contributed by atoms with E-state index in [-0.39, 0.29) is 5.91 Å². The number of carbonyl (C=O) groups excluding carboxylic acids is 1. The molecule has 4 heteroatoms. The first kappa shape index (κ1) is 15.1. The molecule has 1 amide bonds. The van der Waals surface area contributed by atoms with Crippen LogP contribution in [0.2, 0.25) is 0 Å². The Bertz CT molecular complexity index is 672. The Morgan fingerprint density at radius 2 is 1.81 bits per heavy atom. The van der Waals surface area contributed by atoms with E-state index in [1.807, 2.05) is 24.3 Å². The summed E-state index contributed by atoms with van der Waals surface area (Å²) in [6, 6.07) is 16.5. The topological polar surface area (TPSA) is 52.9 Å². The SMILES string of the molecule is CC(C)Sc1ccccc1C(=O)Nc1ccc(C#N)cc1. The van der Waals surface area contributed by atoms with Gasteiger partial charge >= 0.3 is 0 Å². The maximum absolute atomic E-state index is 12.4. The molecule has 2 aromatic carbocycles. The third-order valence-corrected chi connectivity index (χ3v) is 3.85. The number of amides is 1. The molecule has 0 bridgehead atoms. The van der Waals surface area contributed by atoms with E-state index >= 15 is 0 Å². The molecule has 106 valence electrons. The number of hydrogen-bond acceptors (Lipinski definition) is 3. The predicted octanol–water partition coefficient (Wildman–Crippen LogP) is 4.31. The van der Waals surface area contributed by atoms with Crippen molar-refractivity contribution in [2.24, 2.45) is 0 Å². The molecule has 0 spiro atoms. The summed E-state index contributed by atoms with van der Waals surface area (Å²) in [5, 5.41) is 12.0. The van der Waals surface area contributed by atoms with Crippen LogP contribution in [0.15, 0.2) is 53.4 Å². The van der Waals surface area contributed by atoms with Crippen LogP contribution in [-0.4, -0.2) is 11.2 Å². The fourth-order valence-electron chi connectivity index (χ4n) is 1.84. The number of anilines is 1. The third-order valence-electron chi connectivity index (χ3n) is 2.77. The Morgan fingerprint density at radius 1 is 1.14 bits per heavy atom. The standard InChI is InChI=1S/C17H16N2OS/c1-12(2)21-16-6-4-3-5-15(16)17(20)19-14-9-7-13(11-18)8-10-14/h3-10,12H,1-2H3,(H,19,20). The first-order valence-electron chi connectivity index (χ1n) is 6.67. The molecule has 0 fully saturated rings. The van der Waals surface area contributed by atoms with Crippen molar-refractivity contribution in [1.82, 2.24) is 0 Å². The molecule has 0 heterocycles. The maximum Gasteiger partial charge on any atom is 0.256 e. The molecule has 0 radical (unpaired) electrons. The highest BCUT2D eigenvalue weighted by Crippen LogP contribution is 2.27. The second kappa shape index (κ2) is 6.96. The van der Waals surface area contributed by atoms with Crippen molar-refractivity contribution in [2.45, 2.75) is 24.0 Å². The summed E-state index contributed by atoms with van der Waals surface area (Å²) in [7, 11) is 0. The third kappa shape index (κ3) is 4.11. The first-order chi connectivity index (χ1) is 10.1. The molecule has 0 saturated heterocycles. The Hall–Kier alpha value is -2.25. The molecule has 0 atom stereocenters. The van der Waals surface area contributed by atoms with Gasteiger partial charge < -0.3 is 5.32 Å². The molecule has 0 aliphatic carbocycles. The van der Waals surface area contributed by atoms with Gasteiger partial charge in [0.2, 0.25) is 0 Å². The van der Waals surface area contributed by atoms with Gasteiger partial charge in [0.05, 0.1) is 17.2 Å². The molecule has 2 rings (SSSR count). The lowest BCUT2D eigenvalue weighted by Gasteiger charge is -2.11. The maximum atomic E-state index is 12.4. The predicted molar refractivity (Wildman–Crippen MR) is 86.5 cm³/mol. The Morgan fingerprint density at radius 3 is 2.43 bits per heavy atom. The number of nitrogens with zero attached hydrogens (tertiary/aromatic N) is 1. The number of nitriles is 1. The highest BCUT2D eigenvalue weighted by atomic mass is 32.2. The van der Waals surface area contributed by atoms with Crippen molar-refractivity contribution >= 4 is 23.4 Å². The lowest BCUT2D eigenvalue weighted by Crippen LogP contribution is -2.13. The van der Waals surface area contributed by atoms with Gasteiger partial charge in [-0.05, 0) is 36.4 Å². The first-order valence-corrected chi connectivity index (χ1v) is 7.55. The summed E-state index contributed by atoms with van der Waals surface area (Å²) in [5.41, 5.74) is 1.92. The van der Waals surface area contributed by atoms with Gasteiger partial charge in [-0.15, -0.1) is 11.8 Å². The van der Waals surface area contributed by atoms with Gasteiger partial charge in [-0.1, -0.05) is 26.0 Å². The van der Waals surface area contributed by atoms with Crippen LogP contribution in [0.4, 0.5) is 5.69 Å². The van der Waals surface area contributed by atoms with Gasteiger partial charge in [-0.2, -0.15) is 5.26 Å². The van der Waals surface area contributed by atoms with Crippen molar-refractivity contribution in [1.29, 1.82) is 5.26 Å². The molecule has 3 nitrogen and oxygen atoms in total. The van der Waals surface area contributed by atoms with Gasteiger partial charge in [-0.3, -0.25) is 4.79 Å². The summed E-state index contributed by atoms with van der Waals surface area (Å²) < 4.78 is 0. The molecular formula is C17H16N2OS. The number of nitrogens with one attached hydrogen (secondary N) is 1. The smallest absolute Gasteiger partial charge is 0.256 e. The molecule has 0 unspecified atom stereocenters. The Labute approximate surface area is 129 Å². The minimum absolute atomic E-state index is 0.136. The van der Waals surface area contributed by atoms with E-state index < -0.39 is 0 Å². The number of hydrogen-bond donors (Lipinski definition) is 1. The highest BCUT2D eigenvalue weighted by molar-refractivity contribution is 8.00. The van der Waals surface area contributed by atoms with Crippen molar-refractivity contribution in [3.63, 3.8) is 0 Å². The van der Waals surface area contributed by atoms with Crippen LogP contribution >= 0.6 is 11.8 Å². The average Bonchev–Trinajstić information content (AvgIpc) is 2.48. The van der Waals surface area contributed by atoms with E-state index in [1.54, 1.807) is 36.0 Å². The molecule has 1 N–H and O–H groups in total. The van der Waals surface area contributed by atoms with Crippen molar-refractivity contribution in [2.75, 3.05) is 5.32 Å². The lowest BCUT2D eigenvalue weighted by atomic mass is 10.2. The van der Waals surface area contributed by atoms with E-state index in [4.69, 9.17) is 5.26 Å². The summed E-state index contributed by atoms with van der Waals surface area (Å²) >= 11 is 1.67. The van der Waals surface area contributed by atoms with Crippen LogP contribution in [0, 0.1) is 11.3 Å². The van der Waals surface area contributed by atoms with Gasteiger partial charge in [0.15, 0.2) is 0 Å². The molecule has 0 aromatic heterocycles. The minimum atomic E-state index is -0.136. The monoisotopic (exact) mass is 296 g/mol. The minimum Gasteiger partial charge on any atom is -0.322 e. The quantitative estimate of drug-likeness (QED) is 0.855. The lowest BCUT2D eigenvalue weighted by molar-refractivity contribution is 0.102. The van der Waals surface area contributed by atoms with E-state index in [0.717, 1.165) is 4.90 Å². The van der Waals surface area contributed by atoms with Gasteiger partial charge in [0.1, 0.15) is 0 Å². The second-order valence-electron chi connectivity index (χ2n) is 4.81. The summed E-state index contributed by atoms with van der Waals surface area (Å²) in [6.45, 7) is 4.19. The van der Waals surface area contributed by atoms with Crippen molar-refractivity contribution < 1.29 is 4.79 Å². The summed E-state index contributed by atoms with van der Waals surface area (Å²) in [4.78, 5) is 13.4. The van der Waals surface area contributed by atoms with E-state index in [0.29, 0.717) is 22.1 Å². The highest BCUT2D eigenvalue weighted by Gasteiger charge is 2.12. The normalized spacial score (nSPS) is 10.2. The van der Waals surface area contributed by atoms with Crippen LogP contribution in [0.3, 0.4) is 0 Å². The van der Waals surface area contributed by atoms with Gasteiger partial charge in [-0.25, -0.2) is 0 Å². The van der Waals surface area contributed by atoms with Gasteiger partial charge in [0, 0.05) is 15.8 Å². The van der Waals surface area contributed by atoms with Crippen LogP contribution < -0.4 is 5.32 Å². The van der Waals surface area contributed by atoms with Crippen molar-refractivity contribution in [3.05, 3.63) is 59.7 Å². The van der Waals surface area contributed by atoms with Crippen LogP contribution in [-0.2, 0) is 0 Å². The van der Waals surface area contributed by atoms with Crippen LogP contribution in [0.5, 0.6) is 0 Å². The molecular weight excluding hydrogens is 280 g/mol. The van der Waals surface area contributed by atoms with Crippen molar-refractivity contribution in [3.8, 4) is 6.07 Å². The van der Waals surface area contributed by atoms with E-state index in [1.165, 1.54) is 0 Å². The Balaban J connectivity index is 2.18. The number of carbonyl (C=O) groups is 1. The molecule has 0 aliphatic heterocycles. The van der Waals surface area contributed by atoms with Gasteiger partial charge in [0.25, 0.3) is 5.91 Å². The van der Waals surface area contributed by atoms with Crippen LogP contribution in [0.25, 0.3) is 0 Å². The second-order valence-corrected chi connectivity index (χ2v) is 6.42. The molecule has 0 saturated carbocycles. The number of thioether (sulfide) groups is 1. The summed E-state index contributed by atoms with van der Waals surface area (Å²) in [6.07, 6.45) is 0. The zero-order chi connectivity index (χ0) is 15.2.